The van der Waals surface area contributed by atoms with Gasteiger partial charge in [0, 0.05) is 12.2 Å². The number of rotatable bonds is 9. The molecule has 0 saturated heterocycles. The maximum Gasteiger partial charge on any atom is 0.120 e. The second kappa shape index (κ2) is 8.77. The van der Waals surface area contributed by atoms with E-state index < -0.39 is 0 Å². The van der Waals surface area contributed by atoms with Crippen LogP contribution in [0.5, 0.6) is 0 Å². The van der Waals surface area contributed by atoms with E-state index in [0.29, 0.717) is 6.42 Å². The van der Waals surface area contributed by atoms with Crippen LogP contribution in [0, 0.1) is 0 Å². The molecule has 0 amide bonds. The van der Waals surface area contributed by atoms with E-state index in [4.69, 9.17) is 4.74 Å². The van der Waals surface area contributed by atoms with Crippen LogP contribution in [-0.2, 0) is 16.0 Å². The monoisotopic (exact) mass is 288 g/mol. The van der Waals surface area contributed by atoms with Crippen LogP contribution in [0.25, 0.3) is 10.8 Å². The van der Waals surface area contributed by atoms with Crippen molar-refractivity contribution in [1.82, 2.24) is 0 Å². The number of thioether (sulfide) groups is 1. The van der Waals surface area contributed by atoms with Gasteiger partial charge in [-0.1, -0.05) is 42.5 Å². The number of aldehydes is 1. The third-order valence-electron chi connectivity index (χ3n) is 3.15. The van der Waals surface area contributed by atoms with Gasteiger partial charge in [-0.15, -0.1) is 0 Å². The molecule has 2 aromatic rings. The summed E-state index contributed by atoms with van der Waals surface area (Å²) in [6, 6.07) is 14.9. The first-order valence-electron chi connectivity index (χ1n) is 6.97. The molecule has 20 heavy (non-hydrogen) atoms. The number of carbonyl (C=O) groups is 1. The van der Waals surface area contributed by atoms with Crippen molar-refractivity contribution in [2.75, 3.05) is 24.7 Å². The van der Waals surface area contributed by atoms with E-state index in [2.05, 4.69) is 42.5 Å². The van der Waals surface area contributed by atoms with Crippen LogP contribution in [0.4, 0.5) is 0 Å². The van der Waals surface area contributed by atoms with Crippen molar-refractivity contribution in [3.05, 3.63) is 48.0 Å². The van der Waals surface area contributed by atoms with Crippen molar-refractivity contribution in [1.29, 1.82) is 0 Å². The van der Waals surface area contributed by atoms with Gasteiger partial charge in [-0.3, -0.25) is 0 Å². The molecular formula is C17H20O2S. The van der Waals surface area contributed by atoms with Gasteiger partial charge < -0.3 is 9.53 Å². The molecule has 0 saturated carbocycles. The molecule has 106 valence electrons. The average molecular weight is 288 g/mol. The molecule has 0 bridgehead atoms. The Hall–Kier alpha value is -1.32. The maximum atomic E-state index is 10.2. The number of hydrogen-bond acceptors (Lipinski definition) is 3. The van der Waals surface area contributed by atoms with Gasteiger partial charge in [0.2, 0.25) is 0 Å². The summed E-state index contributed by atoms with van der Waals surface area (Å²) in [5.41, 5.74) is 1.34. The van der Waals surface area contributed by atoms with Gasteiger partial charge in [-0.2, -0.15) is 11.8 Å². The second-order valence-corrected chi connectivity index (χ2v) is 5.79. The summed E-state index contributed by atoms with van der Waals surface area (Å²) >= 11 is 1.77. The van der Waals surface area contributed by atoms with E-state index in [-0.39, 0.29) is 0 Å². The first kappa shape index (κ1) is 15.1. The lowest BCUT2D eigenvalue weighted by Crippen LogP contribution is -2.03. The lowest BCUT2D eigenvalue weighted by atomic mass is 10.0. The zero-order chi connectivity index (χ0) is 14.0. The predicted molar refractivity (Wildman–Crippen MR) is 86.5 cm³/mol. The minimum Gasteiger partial charge on any atom is -0.380 e. The molecule has 0 aliphatic carbocycles. The van der Waals surface area contributed by atoms with Crippen molar-refractivity contribution < 1.29 is 9.53 Å². The van der Waals surface area contributed by atoms with E-state index in [1.165, 1.54) is 16.3 Å². The lowest BCUT2D eigenvalue weighted by Gasteiger charge is -2.07. The smallest absolute Gasteiger partial charge is 0.120 e. The summed E-state index contributed by atoms with van der Waals surface area (Å²) in [6.45, 7) is 1.51. The average Bonchev–Trinajstić information content (AvgIpc) is 2.50. The van der Waals surface area contributed by atoms with E-state index in [1.54, 1.807) is 11.8 Å². The van der Waals surface area contributed by atoms with Crippen LogP contribution in [0.2, 0.25) is 0 Å². The van der Waals surface area contributed by atoms with Gasteiger partial charge in [-0.05, 0) is 28.5 Å². The number of ether oxygens (including phenoxy) is 1. The lowest BCUT2D eigenvalue weighted by molar-refractivity contribution is -0.107. The van der Waals surface area contributed by atoms with E-state index >= 15 is 0 Å². The summed E-state index contributed by atoms with van der Waals surface area (Å²) in [6.07, 6.45) is 2.55. The molecule has 2 aromatic carbocycles. The molecule has 0 atom stereocenters. The number of fused-ring (bicyclic) bond motifs is 1. The Morgan fingerprint density at radius 3 is 2.75 bits per heavy atom. The number of carbonyl (C=O) groups excluding carboxylic acids is 1. The molecule has 0 unspecified atom stereocenters. The first-order chi connectivity index (χ1) is 9.92. The molecule has 0 fully saturated rings. The van der Waals surface area contributed by atoms with Gasteiger partial charge in [0.15, 0.2) is 0 Å². The van der Waals surface area contributed by atoms with Crippen LogP contribution >= 0.6 is 11.8 Å². The highest BCUT2D eigenvalue weighted by atomic mass is 32.2. The molecular weight excluding hydrogens is 268 g/mol. The molecule has 0 aliphatic heterocycles. The highest BCUT2D eigenvalue weighted by Gasteiger charge is 2.00. The largest absolute Gasteiger partial charge is 0.380 e. The summed E-state index contributed by atoms with van der Waals surface area (Å²) in [5.74, 6) is 1.86. The first-order valence-corrected chi connectivity index (χ1v) is 8.13. The fourth-order valence-corrected chi connectivity index (χ4v) is 2.85. The van der Waals surface area contributed by atoms with Crippen molar-refractivity contribution in [3.8, 4) is 0 Å². The number of hydrogen-bond donors (Lipinski definition) is 0. The molecule has 3 heteroatoms. The van der Waals surface area contributed by atoms with E-state index in [1.807, 2.05) is 0 Å². The van der Waals surface area contributed by atoms with Gasteiger partial charge in [0.05, 0.1) is 13.2 Å². The summed E-state index contributed by atoms with van der Waals surface area (Å²) in [5, 5.41) is 2.60. The van der Waals surface area contributed by atoms with Crippen molar-refractivity contribution in [3.63, 3.8) is 0 Å². The topological polar surface area (TPSA) is 26.3 Å². The molecule has 0 spiro atoms. The molecule has 0 aliphatic rings. The molecule has 0 heterocycles. The van der Waals surface area contributed by atoms with Crippen molar-refractivity contribution >= 4 is 28.8 Å². The molecule has 0 aromatic heterocycles. The summed E-state index contributed by atoms with van der Waals surface area (Å²) in [4.78, 5) is 10.2. The third kappa shape index (κ3) is 4.66. The Morgan fingerprint density at radius 1 is 1.00 bits per heavy atom. The van der Waals surface area contributed by atoms with Crippen LogP contribution < -0.4 is 0 Å². The highest BCUT2D eigenvalue weighted by molar-refractivity contribution is 7.99. The van der Waals surface area contributed by atoms with Crippen LogP contribution in [0.1, 0.15) is 12.0 Å². The second-order valence-electron chi connectivity index (χ2n) is 4.57. The Labute approximate surface area is 124 Å². The quantitative estimate of drug-likeness (QED) is 0.519. The minimum atomic E-state index is 0.640. The summed E-state index contributed by atoms with van der Waals surface area (Å²) in [7, 11) is 0. The zero-order valence-electron chi connectivity index (χ0n) is 11.6. The fourth-order valence-electron chi connectivity index (χ4n) is 2.15. The third-order valence-corrected chi connectivity index (χ3v) is 4.13. The molecule has 2 nitrogen and oxygen atoms in total. The van der Waals surface area contributed by atoms with Gasteiger partial charge in [0.1, 0.15) is 6.29 Å². The minimum absolute atomic E-state index is 0.640. The predicted octanol–water partition coefficient (Wildman–Crippen LogP) is 3.72. The Morgan fingerprint density at radius 2 is 1.85 bits per heavy atom. The number of benzene rings is 2. The summed E-state index contributed by atoms with van der Waals surface area (Å²) < 4.78 is 5.66. The van der Waals surface area contributed by atoms with Gasteiger partial charge in [0.25, 0.3) is 0 Å². The fraction of sp³-hybridized carbons (Fsp3) is 0.353. The van der Waals surface area contributed by atoms with Gasteiger partial charge >= 0.3 is 0 Å². The molecule has 2 rings (SSSR count). The van der Waals surface area contributed by atoms with Crippen molar-refractivity contribution in [2.45, 2.75) is 12.8 Å². The zero-order valence-corrected chi connectivity index (χ0v) is 12.4. The van der Waals surface area contributed by atoms with E-state index in [0.717, 1.165) is 37.4 Å². The van der Waals surface area contributed by atoms with Crippen LogP contribution in [0.15, 0.2) is 42.5 Å². The van der Waals surface area contributed by atoms with Crippen LogP contribution in [0.3, 0.4) is 0 Å². The Kier molecular flexibility index (Phi) is 6.61. The highest BCUT2D eigenvalue weighted by Crippen LogP contribution is 2.18. The van der Waals surface area contributed by atoms with E-state index in [9.17, 15) is 4.79 Å². The van der Waals surface area contributed by atoms with Crippen molar-refractivity contribution in [2.24, 2.45) is 0 Å². The normalized spacial score (nSPS) is 10.8. The maximum absolute atomic E-state index is 10.2. The molecule has 0 radical (unpaired) electrons. The SMILES string of the molecule is O=CCCSCCOCCc1cccc2ccccc12. The van der Waals surface area contributed by atoms with Gasteiger partial charge in [-0.25, -0.2) is 0 Å². The Bertz CT molecular complexity index is 534. The van der Waals surface area contributed by atoms with Crippen LogP contribution in [-0.4, -0.2) is 31.0 Å². The standard InChI is InChI=1S/C17H20O2S/c18-10-4-13-20-14-12-19-11-9-16-7-3-6-15-5-1-2-8-17(15)16/h1-3,5-8,10H,4,9,11-14H2. The molecule has 0 N–H and O–H groups in total. The Balaban J connectivity index is 1.72.